The van der Waals surface area contributed by atoms with Crippen molar-refractivity contribution in [2.75, 3.05) is 43.4 Å². The normalized spacial score (nSPS) is 16.3. The van der Waals surface area contributed by atoms with Crippen molar-refractivity contribution in [3.63, 3.8) is 0 Å². The lowest BCUT2D eigenvalue weighted by Crippen LogP contribution is -2.44. The topological polar surface area (TPSA) is 69.7 Å². The molecule has 1 fully saturated rings. The highest BCUT2D eigenvalue weighted by Gasteiger charge is 2.26. The molecule has 1 saturated heterocycles. The number of amides is 1. The van der Waals surface area contributed by atoms with Gasteiger partial charge in [-0.25, -0.2) is 12.8 Å². The van der Waals surface area contributed by atoms with E-state index in [9.17, 15) is 17.6 Å². The van der Waals surface area contributed by atoms with E-state index in [4.69, 9.17) is 0 Å². The number of rotatable bonds is 6. The van der Waals surface area contributed by atoms with Crippen LogP contribution in [0.15, 0.2) is 47.4 Å². The number of nitrogens with one attached hydrogen (secondary N) is 1. The molecule has 1 N–H and O–H groups in total. The minimum atomic E-state index is -3.72. The van der Waals surface area contributed by atoms with Crippen molar-refractivity contribution in [3.8, 4) is 0 Å². The highest BCUT2D eigenvalue weighted by Crippen LogP contribution is 2.25. The van der Waals surface area contributed by atoms with Crippen LogP contribution in [-0.4, -0.2) is 57.7 Å². The Morgan fingerprint density at radius 1 is 1.10 bits per heavy atom. The van der Waals surface area contributed by atoms with Gasteiger partial charge in [0.25, 0.3) is 0 Å². The molecule has 6 nitrogen and oxygen atoms in total. The molecule has 2 aromatic rings. The Kier molecular flexibility index (Phi) is 6.77. The van der Waals surface area contributed by atoms with Crippen LogP contribution in [0, 0.1) is 12.7 Å². The molecule has 1 unspecified atom stereocenters. The van der Waals surface area contributed by atoms with Crippen LogP contribution >= 0.6 is 0 Å². The van der Waals surface area contributed by atoms with E-state index >= 15 is 0 Å². The number of likely N-dealkylation sites (N-methyl/N-ethyl adjacent to an activating group) is 1. The fourth-order valence-electron chi connectivity index (χ4n) is 3.57. The fourth-order valence-corrected chi connectivity index (χ4v) is 4.93. The number of hydrogen-bond acceptors (Lipinski definition) is 5. The Labute approximate surface area is 177 Å². The summed E-state index contributed by atoms with van der Waals surface area (Å²) in [7, 11) is -1.60. The lowest BCUT2D eigenvalue weighted by atomic mass is 10.1. The number of carbonyl (C=O) groups excluding carboxylic acids is 1. The molecule has 8 heteroatoms. The zero-order chi connectivity index (χ0) is 21.9. The van der Waals surface area contributed by atoms with Gasteiger partial charge in [-0.05, 0) is 68.9 Å². The summed E-state index contributed by atoms with van der Waals surface area (Å²) in [5.74, 6) is -0.880. The van der Waals surface area contributed by atoms with E-state index in [0.29, 0.717) is 5.69 Å². The smallest absolute Gasteiger partial charge is 0.225 e. The molecule has 3 rings (SSSR count). The van der Waals surface area contributed by atoms with Crippen molar-refractivity contribution in [2.24, 2.45) is 0 Å². The van der Waals surface area contributed by atoms with E-state index in [1.807, 2.05) is 25.1 Å². The second-order valence-electron chi connectivity index (χ2n) is 7.85. The maximum Gasteiger partial charge on any atom is 0.225 e. The van der Waals surface area contributed by atoms with Crippen LogP contribution < -0.4 is 10.2 Å². The Hall–Kier alpha value is -2.45. The lowest BCUT2D eigenvalue weighted by Gasteiger charge is -2.35. The van der Waals surface area contributed by atoms with E-state index in [2.05, 4.69) is 22.2 Å². The molecular weight excluding hydrogens is 405 g/mol. The number of hydrogen-bond donors (Lipinski definition) is 1. The van der Waals surface area contributed by atoms with E-state index in [-0.39, 0.29) is 17.2 Å². The average molecular weight is 434 g/mol. The summed E-state index contributed by atoms with van der Waals surface area (Å²) in [6.45, 7) is 7.44. The van der Waals surface area contributed by atoms with Crippen molar-refractivity contribution in [1.29, 1.82) is 0 Å². The van der Waals surface area contributed by atoms with Crippen LogP contribution in [0.1, 0.15) is 18.9 Å². The quantitative estimate of drug-likeness (QED) is 0.709. The number of sulfone groups is 1. The number of benzene rings is 2. The zero-order valence-corrected chi connectivity index (χ0v) is 18.4. The van der Waals surface area contributed by atoms with Crippen molar-refractivity contribution in [2.45, 2.75) is 30.4 Å². The van der Waals surface area contributed by atoms with Gasteiger partial charge in [-0.2, -0.15) is 0 Å². The molecule has 162 valence electrons. The number of anilines is 2. The summed E-state index contributed by atoms with van der Waals surface area (Å²) in [5.41, 5.74) is 2.85. The molecule has 1 aliphatic rings. The van der Waals surface area contributed by atoms with Gasteiger partial charge >= 0.3 is 0 Å². The summed E-state index contributed by atoms with van der Waals surface area (Å²) < 4.78 is 38.3. The number of carbonyl (C=O) groups is 1. The van der Waals surface area contributed by atoms with Gasteiger partial charge in [0.1, 0.15) is 5.82 Å². The molecule has 1 atom stereocenters. The highest BCUT2D eigenvalue weighted by atomic mass is 32.2. The van der Waals surface area contributed by atoms with Crippen LogP contribution in [0.5, 0.6) is 0 Å². The lowest BCUT2D eigenvalue weighted by molar-refractivity contribution is -0.116. The van der Waals surface area contributed by atoms with E-state index in [1.54, 1.807) is 0 Å². The Bertz CT molecular complexity index is 1000. The first kappa shape index (κ1) is 22.2. The summed E-state index contributed by atoms with van der Waals surface area (Å²) in [6.07, 6.45) is -0.182. The minimum Gasteiger partial charge on any atom is -0.369 e. The van der Waals surface area contributed by atoms with E-state index in [1.165, 1.54) is 19.1 Å². The maximum atomic E-state index is 13.1. The highest BCUT2D eigenvalue weighted by molar-refractivity contribution is 7.92. The summed E-state index contributed by atoms with van der Waals surface area (Å²) >= 11 is 0. The number of halogens is 1. The van der Waals surface area contributed by atoms with Crippen LogP contribution in [0.4, 0.5) is 15.8 Å². The molecule has 0 aliphatic carbocycles. The monoisotopic (exact) mass is 433 g/mol. The fraction of sp³-hybridized carbons (Fsp3) is 0.409. The number of aryl methyl sites for hydroxylation is 1. The van der Waals surface area contributed by atoms with Gasteiger partial charge < -0.3 is 15.1 Å². The minimum absolute atomic E-state index is 0.0107. The van der Waals surface area contributed by atoms with Gasteiger partial charge in [0.2, 0.25) is 5.91 Å². The first-order valence-corrected chi connectivity index (χ1v) is 11.5. The third kappa shape index (κ3) is 5.17. The third-order valence-corrected chi connectivity index (χ3v) is 7.62. The molecule has 1 aliphatic heterocycles. The van der Waals surface area contributed by atoms with E-state index in [0.717, 1.165) is 49.6 Å². The zero-order valence-electron chi connectivity index (χ0n) is 17.6. The number of nitrogens with zero attached hydrogens (tertiary/aromatic N) is 2. The summed E-state index contributed by atoms with van der Waals surface area (Å²) in [5, 5.41) is 1.87. The Balaban J connectivity index is 1.63. The van der Waals surface area contributed by atoms with Gasteiger partial charge in [0.15, 0.2) is 9.84 Å². The summed E-state index contributed by atoms with van der Waals surface area (Å²) in [4.78, 5) is 17.1. The van der Waals surface area contributed by atoms with Gasteiger partial charge in [-0.3, -0.25) is 4.79 Å². The second kappa shape index (κ2) is 9.14. The van der Waals surface area contributed by atoms with Gasteiger partial charge in [-0.1, -0.05) is 0 Å². The van der Waals surface area contributed by atoms with Gasteiger partial charge in [0, 0.05) is 44.0 Å². The Morgan fingerprint density at radius 2 is 1.73 bits per heavy atom. The molecule has 0 spiro atoms. The van der Waals surface area contributed by atoms with E-state index < -0.39 is 20.9 Å². The number of piperazine rings is 1. The molecule has 0 saturated carbocycles. The molecule has 1 amide bonds. The van der Waals surface area contributed by atoms with Crippen molar-refractivity contribution >= 4 is 27.1 Å². The van der Waals surface area contributed by atoms with Crippen LogP contribution in [0.3, 0.4) is 0 Å². The average Bonchev–Trinajstić information content (AvgIpc) is 2.69. The molecule has 0 bridgehead atoms. The standard InChI is InChI=1S/C22H28FN3O3S/c1-16-14-19(6-9-21(16)26-12-10-25(3)11-13-26)24-22(27)15-17(2)30(28,29)20-7-4-18(23)5-8-20/h4-9,14,17H,10-13,15H2,1-3H3,(H,24,27). The third-order valence-electron chi connectivity index (χ3n) is 5.47. The molecular formula is C22H28FN3O3S. The van der Waals surface area contributed by atoms with Crippen LogP contribution in [0.2, 0.25) is 0 Å². The molecule has 30 heavy (non-hydrogen) atoms. The molecule has 0 aromatic heterocycles. The molecule has 1 heterocycles. The predicted octanol–water partition coefficient (Wildman–Crippen LogP) is 3.08. The first-order chi connectivity index (χ1) is 14.2. The summed E-state index contributed by atoms with van der Waals surface area (Å²) in [6, 6.07) is 10.4. The van der Waals surface area contributed by atoms with Crippen molar-refractivity contribution in [1.82, 2.24) is 4.90 Å². The largest absolute Gasteiger partial charge is 0.369 e. The Morgan fingerprint density at radius 3 is 2.33 bits per heavy atom. The van der Waals surface area contributed by atoms with Crippen LogP contribution in [-0.2, 0) is 14.6 Å². The van der Waals surface area contributed by atoms with Crippen molar-refractivity contribution < 1.29 is 17.6 Å². The molecule has 2 aromatic carbocycles. The van der Waals surface area contributed by atoms with Gasteiger partial charge in [0.05, 0.1) is 10.1 Å². The van der Waals surface area contributed by atoms with Crippen molar-refractivity contribution in [3.05, 3.63) is 53.8 Å². The van der Waals surface area contributed by atoms with Crippen LogP contribution in [0.25, 0.3) is 0 Å². The SMILES string of the molecule is Cc1cc(NC(=O)CC(C)S(=O)(=O)c2ccc(F)cc2)ccc1N1CCN(C)CC1. The maximum absolute atomic E-state index is 13.1. The predicted molar refractivity (Wildman–Crippen MR) is 117 cm³/mol. The van der Waals surface area contributed by atoms with Gasteiger partial charge in [-0.15, -0.1) is 0 Å². The second-order valence-corrected chi connectivity index (χ2v) is 10.2. The first-order valence-electron chi connectivity index (χ1n) is 10.0. The molecule has 0 radical (unpaired) electrons.